The topological polar surface area (TPSA) is 78.0 Å². The number of rotatable bonds is 5. The van der Waals surface area contributed by atoms with E-state index in [4.69, 9.17) is 0 Å². The minimum atomic E-state index is -1.32. The number of carbonyl (C=O) groups excluding carboxylic acids is 1. The first-order valence-electron chi connectivity index (χ1n) is 11.6. The average molecular weight is 480 g/mol. The van der Waals surface area contributed by atoms with Crippen molar-refractivity contribution in [3.63, 3.8) is 0 Å². The molecule has 4 aromatic rings. The first kappa shape index (κ1) is 23.0. The molecule has 2 aromatic heterocycles. The molecule has 1 amide bonds. The summed E-state index contributed by atoms with van der Waals surface area (Å²) < 4.78 is 41.0. The normalized spacial score (nSPS) is 18.0. The number of carbonyl (C=O) groups is 1. The molecule has 1 saturated carbocycles. The third-order valence-corrected chi connectivity index (χ3v) is 6.89. The van der Waals surface area contributed by atoms with Crippen molar-refractivity contribution in [2.75, 3.05) is 6.54 Å². The predicted octanol–water partition coefficient (Wildman–Crippen LogP) is 6.06. The molecule has 0 saturated heterocycles. The number of phenolic OH excluding ortho intramolecular Hbond substituents is 1. The SMILES string of the molecule is O=C(NCC1CCC(c2ccnc3ccc(F)cc23)CC1)c1c[nH]cc1-c1cc(O)c(F)c(F)c1. The van der Waals surface area contributed by atoms with Gasteiger partial charge in [-0.2, -0.15) is 4.39 Å². The molecule has 1 aliphatic carbocycles. The first-order chi connectivity index (χ1) is 16.9. The van der Waals surface area contributed by atoms with Gasteiger partial charge < -0.3 is 15.4 Å². The van der Waals surface area contributed by atoms with Gasteiger partial charge in [-0.3, -0.25) is 9.78 Å². The van der Waals surface area contributed by atoms with Crippen LogP contribution in [-0.2, 0) is 0 Å². The van der Waals surface area contributed by atoms with Crippen molar-refractivity contribution in [3.8, 4) is 16.9 Å². The van der Waals surface area contributed by atoms with Gasteiger partial charge in [0.15, 0.2) is 17.4 Å². The van der Waals surface area contributed by atoms with Gasteiger partial charge in [-0.05, 0) is 85.0 Å². The van der Waals surface area contributed by atoms with Crippen LogP contribution >= 0.6 is 0 Å². The number of benzene rings is 2. The van der Waals surface area contributed by atoms with E-state index in [1.807, 2.05) is 6.07 Å². The van der Waals surface area contributed by atoms with Crippen LogP contribution in [-0.4, -0.2) is 27.5 Å². The molecule has 2 aromatic carbocycles. The Bertz CT molecular complexity index is 1370. The van der Waals surface area contributed by atoms with Gasteiger partial charge >= 0.3 is 0 Å². The summed E-state index contributed by atoms with van der Waals surface area (Å²) in [6, 6.07) is 8.68. The number of nitrogens with one attached hydrogen (secondary N) is 2. The smallest absolute Gasteiger partial charge is 0.253 e. The van der Waals surface area contributed by atoms with E-state index in [0.717, 1.165) is 54.3 Å². The molecule has 0 radical (unpaired) electrons. The molecule has 1 fully saturated rings. The number of fused-ring (bicyclic) bond motifs is 1. The highest BCUT2D eigenvalue weighted by Gasteiger charge is 2.25. The zero-order chi connectivity index (χ0) is 24.5. The summed E-state index contributed by atoms with van der Waals surface area (Å²) in [7, 11) is 0. The van der Waals surface area contributed by atoms with Crippen molar-refractivity contribution in [2.24, 2.45) is 5.92 Å². The zero-order valence-electron chi connectivity index (χ0n) is 18.8. The monoisotopic (exact) mass is 479 g/mol. The summed E-state index contributed by atoms with van der Waals surface area (Å²) >= 11 is 0. The Balaban J connectivity index is 1.22. The average Bonchev–Trinajstić information content (AvgIpc) is 3.36. The Morgan fingerprint density at radius 3 is 2.63 bits per heavy atom. The maximum atomic E-state index is 13.8. The lowest BCUT2D eigenvalue weighted by atomic mass is 9.78. The van der Waals surface area contributed by atoms with E-state index in [-0.39, 0.29) is 22.9 Å². The molecule has 5 rings (SSSR count). The van der Waals surface area contributed by atoms with Crippen molar-refractivity contribution in [3.05, 3.63) is 83.6 Å². The molecule has 0 unspecified atom stereocenters. The van der Waals surface area contributed by atoms with Crippen LogP contribution in [0.3, 0.4) is 0 Å². The molecule has 0 aliphatic heterocycles. The molecule has 8 heteroatoms. The highest BCUT2D eigenvalue weighted by molar-refractivity contribution is 6.00. The lowest BCUT2D eigenvalue weighted by molar-refractivity contribution is 0.0943. The van der Waals surface area contributed by atoms with Crippen LogP contribution in [0, 0.1) is 23.4 Å². The summed E-state index contributed by atoms with van der Waals surface area (Å²) in [6.45, 7) is 0.491. The standard InChI is InChI=1S/C27H24F3N3O2/c28-18-5-6-24-20(11-18)19(7-8-32-24)16-3-1-15(2-4-16)12-33-27(35)22-14-31-13-21(22)17-9-23(29)26(30)25(34)10-17/h5-11,13-16,31,34H,1-4,12H2,(H,33,35). The fraction of sp³-hybridized carbons (Fsp3) is 0.259. The minimum absolute atomic E-state index is 0.203. The molecule has 5 nitrogen and oxygen atoms in total. The highest BCUT2D eigenvalue weighted by atomic mass is 19.2. The lowest BCUT2D eigenvalue weighted by Crippen LogP contribution is -2.31. The fourth-order valence-corrected chi connectivity index (χ4v) is 5.03. The van der Waals surface area contributed by atoms with Gasteiger partial charge in [0.05, 0.1) is 11.1 Å². The minimum Gasteiger partial charge on any atom is -0.505 e. The van der Waals surface area contributed by atoms with E-state index >= 15 is 0 Å². The summed E-state index contributed by atoms with van der Waals surface area (Å²) in [4.78, 5) is 20.0. The number of hydrogen-bond donors (Lipinski definition) is 3. The number of H-pyrrole nitrogens is 1. The Kier molecular flexibility index (Phi) is 6.19. The van der Waals surface area contributed by atoms with Gasteiger partial charge in [0.1, 0.15) is 5.82 Å². The maximum Gasteiger partial charge on any atom is 0.253 e. The molecule has 35 heavy (non-hydrogen) atoms. The summed E-state index contributed by atoms with van der Waals surface area (Å²) in [6.07, 6.45) is 8.46. The zero-order valence-corrected chi connectivity index (χ0v) is 18.8. The van der Waals surface area contributed by atoms with Crippen molar-refractivity contribution >= 4 is 16.8 Å². The molecule has 2 heterocycles. The van der Waals surface area contributed by atoms with E-state index in [1.165, 1.54) is 18.5 Å². The van der Waals surface area contributed by atoms with Crippen LogP contribution in [0.2, 0.25) is 0 Å². The van der Waals surface area contributed by atoms with Crippen LogP contribution in [0.4, 0.5) is 13.2 Å². The van der Waals surface area contributed by atoms with Gasteiger partial charge in [0.25, 0.3) is 5.91 Å². The summed E-state index contributed by atoms with van der Waals surface area (Å²) in [5.74, 6) is -3.31. The molecular formula is C27H24F3N3O2. The van der Waals surface area contributed by atoms with Crippen molar-refractivity contribution in [2.45, 2.75) is 31.6 Å². The largest absolute Gasteiger partial charge is 0.505 e. The number of hydrogen-bond acceptors (Lipinski definition) is 3. The van der Waals surface area contributed by atoms with Gasteiger partial charge in [-0.1, -0.05) is 0 Å². The number of aromatic nitrogens is 2. The second kappa shape index (κ2) is 9.44. The van der Waals surface area contributed by atoms with Crippen LogP contribution in [0.15, 0.2) is 55.0 Å². The molecule has 0 bridgehead atoms. The van der Waals surface area contributed by atoms with Gasteiger partial charge in [0, 0.05) is 36.1 Å². The van der Waals surface area contributed by atoms with E-state index in [1.54, 1.807) is 18.3 Å². The molecule has 0 atom stereocenters. The Labute approximate surface area is 200 Å². The lowest BCUT2D eigenvalue weighted by Gasteiger charge is -2.29. The number of halogens is 3. The molecule has 180 valence electrons. The Morgan fingerprint density at radius 1 is 1.06 bits per heavy atom. The van der Waals surface area contributed by atoms with Crippen molar-refractivity contribution < 1.29 is 23.1 Å². The van der Waals surface area contributed by atoms with Crippen molar-refractivity contribution in [1.29, 1.82) is 0 Å². The van der Waals surface area contributed by atoms with E-state index in [2.05, 4.69) is 15.3 Å². The predicted molar refractivity (Wildman–Crippen MR) is 127 cm³/mol. The van der Waals surface area contributed by atoms with E-state index in [9.17, 15) is 23.1 Å². The Hall–Kier alpha value is -3.81. The second-order valence-electron chi connectivity index (χ2n) is 9.06. The molecular weight excluding hydrogens is 455 g/mol. The van der Waals surface area contributed by atoms with Crippen LogP contribution in [0.25, 0.3) is 22.0 Å². The molecule has 0 spiro atoms. The quantitative estimate of drug-likeness (QED) is 0.326. The first-order valence-corrected chi connectivity index (χ1v) is 11.6. The van der Waals surface area contributed by atoms with Crippen LogP contribution < -0.4 is 5.32 Å². The number of nitrogens with zero attached hydrogens (tertiary/aromatic N) is 1. The summed E-state index contributed by atoms with van der Waals surface area (Å²) in [5, 5.41) is 13.4. The number of pyridine rings is 1. The number of aromatic hydroxyl groups is 1. The molecule has 3 N–H and O–H groups in total. The third kappa shape index (κ3) is 4.60. The third-order valence-electron chi connectivity index (χ3n) is 6.89. The second-order valence-corrected chi connectivity index (χ2v) is 9.06. The van der Waals surface area contributed by atoms with Gasteiger partial charge in [-0.15, -0.1) is 0 Å². The Morgan fingerprint density at radius 2 is 1.86 bits per heavy atom. The number of phenols is 1. The van der Waals surface area contributed by atoms with Gasteiger partial charge in [0.2, 0.25) is 0 Å². The number of aromatic amines is 1. The maximum absolute atomic E-state index is 13.8. The fourth-order valence-electron chi connectivity index (χ4n) is 5.03. The van der Waals surface area contributed by atoms with Crippen molar-refractivity contribution in [1.82, 2.24) is 15.3 Å². The summed E-state index contributed by atoms with van der Waals surface area (Å²) in [5.41, 5.74) is 2.76. The van der Waals surface area contributed by atoms with E-state index < -0.39 is 17.4 Å². The van der Waals surface area contributed by atoms with Gasteiger partial charge in [-0.25, -0.2) is 8.78 Å². The van der Waals surface area contributed by atoms with E-state index in [0.29, 0.717) is 23.9 Å². The molecule has 1 aliphatic rings. The number of amides is 1. The van der Waals surface area contributed by atoms with Crippen LogP contribution in [0.5, 0.6) is 5.75 Å². The van der Waals surface area contributed by atoms with Crippen LogP contribution in [0.1, 0.15) is 47.5 Å². The highest BCUT2D eigenvalue weighted by Crippen LogP contribution is 2.38.